The van der Waals surface area contributed by atoms with Crippen molar-refractivity contribution in [1.82, 2.24) is 69.8 Å². The fraction of sp³-hybridized carbons (Fsp3) is 0.364. The zero-order valence-corrected chi connectivity index (χ0v) is 29.0. The average Bonchev–Trinajstić information content (AvgIpc) is 3.93. The Morgan fingerprint density at radius 3 is 0.702 bits per heavy atom. The molecule has 7 aromatic heterocycles. The van der Waals surface area contributed by atoms with E-state index in [1.807, 2.05) is 52.5 Å². The van der Waals surface area contributed by atoms with Gasteiger partial charge in [0.05, 0.1) is 19.0 Å². The SMILES string of the molecule is CCc1ncc(C)[nH]1.CCc1ncc(C)[nH]1.CCc1ncc(C)[nH]1.CCc1ncc(C)[nH]1.c1c[nH]cn1.c1c[nH]cn1.c1c[nH]cn1. The van der Waals surface area contributed by atoms with Gasteiger partial charge in [-0.2, -0.15) is 0 Å². The summed E-state index contributed by atoms with van der Waals surface area (Å²) in [6, 6.07) is 0. The molecule has 0 fully saturated rings. The van der Waals surface area contributed by atoms with Crippen LogP contribution in [-0.4, -0.2) is 69.8 Å². The predicted octanol–water partition coefficient (Wildman–Crippen LogP) is 6.35. The molecule has 14 nitrogen and oxygen atoms in total. The third kappa shape index (κ3) is 20.9. The molecule has 0 aliphatic carbocycles. The molecule has 47 heavy (non-hydrogen) atoms. The Morgan fingerprint density at radius 2 is 0.638 bits per heavy atom. The van der Waals surface area contributed by atoms with Crippen LogP contribution in [0.4, 0.5) is 0 Å². The highest BCUT2D eigenvalue weighted by molar-refractivity contribution is 4.99. The molecule has 0 saturated heterocycles. The van der Waals surface area contributed by atoms with E-state index in [0.29, 0.717) is 0 Å². The Bertz CT molecular complexity index is 1290. The van der Waals surface area contributed by atoms with E-state index in [9.17, 15) is 0 Å². The van der Waals surface area contributed by atoms with E-state index in [1.165, 1.54) is 0 Å². The van der Waals surface area contributed by atoms with Crippen molar-refractivity contribution in [3.05, 3.63) is 127 Å². The maximum Gasteiger partial charge on any atom is 0.105 e. The quantitative estimate of drug-likeness (QED) is 0.116. The fourth-order valence-corrected chi connectivity index (χ4v) is 3.23. The summed E-state index contributed by atoms with van der Waals surface area (Å²) < 4.78 is 0. The highest BCUT2D eigenvalue weighted by Crippen LogP contribution is 1.95. The molecular formula is C33H52N14. The standard InChI is InChI=1S/4C6H10N2.3C3H4N2/c4*1-3-6-7-4-5(2)8-6;3*1-2-5-3-4-1/h4*4H,3H2,1-2H3,(H,7,8);3*1-3H,(H,4,5). The van der Waals surface area contributed by atoms with Crippen LogP contribution in [0.5, 0.6) is 0 Å². The number of rotatable bonds is 4. The van der Waals surface area contributed by atoms with Gasteiger partial charge in [0.15, 0.2) is 0 Å². The first-order valence-corrected chi connectivity index (χ1v) is 15.6. The molecule has 0 bridgehead atoms. The van der Waals surface area contributed by atoms with Crippen molar-refractivity contribution in [1.29, 1.82) is 0 Å². The zero-order chi connectivity index (χ0) is 34.5. The van der Waals surface area contributed by atoms with E-state index in [-0.39, 0.29) is 0 Å². The summed E-state index contributed by atoms with van der Waals surface area (Å²) in [7, 11) is 0. The molecule has 254 valence electrons. The minimum absolute atomic E-state index is 0.994. The van der Waals surface area contributed by atoms with E-state index < -0.39 is 0 Å². The van der Waals surface area contributed by atoms with E-state index >= 15 is 0 Å². The third-order valence-corrected chi connectivity index (χ3v) is 5.58. The first kappa shape index (κ1) is 39.5. The molecule has 0 spiro atoms. The Morgan fingerprint density at radius 1 is 0.404 bits per heavy atom. The molecule has 7 aromatic rings. The van der Waals surface area contributed by atoms with Crippen molar-refractivity contribution in [3.8, 4) is 0 Å². The lowest BCUT2D eigenvalue weighted by Crippen LogP contribution is -1.80. The summed E-state index contributed by atoms with van der Waals surface area (Å²) in [6.07, 6.45) is 26.6. The second-order valence-electron chi connectivity index (χ2n) is 9.75. The van der Waals surface area contributed by atoms with Crippen molar-refractivity contribution in [2.45, 2.75) is 81.1 Å². The van der Waals surface area contributed by atoms with Crippen molar-refractivity contribution in [3.63, 3.8) is 0 Å². The van der Waals surface area contributed by atoms with Gasteiger partial charge in [0.25, 0.3) is 0 Å². The smallest absolute Gasteiger partial charge is 0.105 e. The van der Waals surface area contributed by atoms with E-state index in [2.05, 4.69) is 97.5 Å². The lowest BCUT2D eigenvalue weighted by molar-refractivity contribution is 0.982. The molecule has 0 aromatic carbocycles. The summed E-state index contributed by atoms with van der Waals surface area (Å²) in [5, 5.41) is 0. The van der Waals surface area contributed by atoms with Gasteiger partial charge in [0.2, 0.25) is 0 Å². The number of aromatic amines is 7. The summed E-state index contributed by atoms with van der Waals surface area (Å²) in [5.74, 6) is 4.29. The lowest BCUT2D eigenvalue weighted by atomic mass is 10.5. The van der Waals surface area contributed by atoms with Gasteiger partial charge >= 0.3 is 0 Å². The van der Waals surface area contributed by atoms with Gasteiger partial charge in [0, 0.05) is 110 Å². The first-order valence-electron chi connectivity index (χ1n) is 15.6. The minimum Gasteiger partial charge on any atom is -0.351 e. The summed E-state index contributed by atoms with van der Waals surface area (Å²) >= 11 is 0. The molecular weight excluding hydrogens is 592 g/mol. The predicted molar refractivity (Wildman–Crippen MR) is 187 cm³/mol. The molecule has 0 radical (unpaired) electrons. The van der Waals surface area contributed by atoms with Crippen LogP contribution >= 0.6 is 0 Å². The van der Waals surface area contributed by atoms with Gasteiger partial charge in [-0.05, 0) is 27.7 Å². The van der Waals surface area contributed by atoms with Crippen LogP contribution in [0.1, 0.15) is 73.8 Å². The second-order valence-corrected chi connectivity index (χ2v) is 9.75. The highest BCUT2D eigenvalue weighted by Gasteiger charge is 1.91. The van der Waals surface area contributed by atoms with Gasteiger partial charge in [-0.15, -0.1) is 0 Å². The maximum atomic E-state index is 4.08. The molecule has 7 rings (SSSR count). The number of hydrogen-bond donors (Lipinski definition) is 7. The molecule has 0 unspecified atom stereocenters. The monoisotopic (exact) mass is 644 g/mol. The number of hydrogen-bond acceptors (Lipinski definition) is 7. The minimum atomic E-state index is 0.994. The number of nitrogens with zero attached hydrogens (tertiary/aromatic N) is 7. The van der Waals surface area contributed by atoms with E-state index in [0.717, 1.165) is 71.8 Å². The normalized spacial score (nSPS) is 9.19. The lowest BCUT2D eigenvalue weighted by Gasteiger charge is -1.82. The molecule has 14 heteroatoms. The molecule has 0 atom stereocenters. The molecule has 0 amide bonds. The Balaban J connectivity index is 0.000000277. The van der Waals surface area contributed by atoms with Crippen molar-refractivity contribution in [2.24, 2.45) is 0 Å². The molecule has 0 aliphatic heterocycles. The van der Waals surface area contributed by atoms with Crippen LogP contribution in [0.2, 0.25) is 0 Å². The Hall–Kier alpha value is -5.53. The largest absolute Gasteiger partial charge is 0.351 e. The Kier molecular flexibility index (Phi) is 21.6. The van der Waals surface area contributed by atoms with E-state index in [1.54, 1.807) is 56.2 Å². The zero-order valence-electron chi connectivity index (χ0n) is 29.0. The van der Waals surface area contributed by atoms with Crippen LogP contribution in [0.15, 0.2) is 81.0 Å². The van der Waals surface area contributed by atoms with Gasteiger partial charge in [-0.25, -0.2) is 34.9 Å². The van der Waals surface area contributed by atoms with Crippen LogP contribution in [0.3, 0.4) is 0 Å². The molecule has 0 aliphatic rings. The van der Waals surface area contributed by atoms with Crippen LogP contribution in [-0.2, 0) is 25.7 Å². The molecule has 0 saturated carbocycles. The summed E-state index contributed by atoms with van der Waals surface area (Å²) in [5.41, 5.74) is 4.56. The average molecular weight is 645 g/mol. The van der Waals surface area contributed by atoms with Gasteiger partial charge in [-0.3, -0.25) is 0 Å². The number of nitrogens with one attached hydrogen (secondary N) is 7. The van der Waals surface area contributed by atoms with Gasteiger partial charge < -0.3 is 34.9 Å². The fourth-order valence-electron chi connectivity index (χ4n) is 3.23. The number of imidazole rings is 7. The number of aryl methyl sites for hydroxylation is 8. The van der Waals surface area contributed by atoms with Gasteiger partial charge in [0.1, 0.15) is 23.3 Å². The maximum absolute atomic E-state index is 4.08. The molecule has 7 heterocycles. The Labute approximate surface area is 277 Å². The highest BCUT2D eigenvalue weighted by atomic mass is 14.9. The number of aromatic nitrogens is 14. The van der Waals surface area contributed by atoms with Crippen molar-refractivity contribution < 1.29 is 0 Å². The topological polar surface area (TPSA) is 201 Å². The molecule has 7 N–H and O–H groups in total. The second kappa shape index (κ2) is 25.8. The summed E-state index contributed by atoms with van der Waals surface area (Å²) in [6.45, 7) is 16.4. The van der Waals surface area contributed by atoms with Crippen molar-refractivity contribution >= 4 is 0 Å². The van der Waals surface area contributed by atoms with Gasteiger partial charge in [-0.1, -0.05) is 27.7 Å². The van der Waals surface area contributed by atoms with Crippen LogP contribution in [0, 0.1) is 27.7 Å². The van der Waals surface area contributed by atoms with Crippen LogP contribution in [0.25, 0.3) is 0 Å². The number of H-pyrrole nitrogens is 7. The van der Waals surface area contributed by atoms with E-state index in [4.69, 9.17) is 0 Å². The summed E-state index contributed by atoms with van der Waals surface area (Å²) in [4.78, 5) is 48.0. The first-order chi connectivity index (χ1) is 22.8. The van der Waals surface area contributed by atoms with Crippen LogP contribution < -0.4 is 0 Å². The van der Waals surface area contributed by atoms with Crippen molar-refractivity contribution in [2.75, 3.05) is 0 Å². The third-order valence-electron chi connectivity index (χ3n) is 5.58.